The first-order valence-electron chi connectivity index (χ1n) is 7.90. The number of fused-ring (bicyclic) bond motifs is 1. The molecule has 1 aliphatic heterocycles. The summed E-state index contributed by atoms with van der Waals surface area (Å²) in [6.07, 6.45) is 0.925. The molecule has 0 bridgehead atoms. The van der Waals surface area contributed by atoms with Crippen molar-refractivity contribution >= 4 is 17.6 Å². The minimum atomic E-state index is -1.13. The van der Waals surface area contributed by atoms with E-state index >= 15 is 0 Å². The predicted molar refractivity (Wildman–Crippen MR) is 89.7 cm³/mol. The molecule has 2 aromatic rings. The van der Waals surface area contributed by atoms with Crippen molar-refractivity contribution in [2.24, 2.45) is 0 Å². The van der Waals surface area contributed by atoms with Gasteiger partial charge in [0.1, 0.15) is 5.75 Å². The highest BCUT2D eigenvalue weighted by atomic mass is 16.5. The van der Waals surface area contributed by atoms with Crippen molar-refractivity contribution < 1.29 is 19.1 Å². The Balaban J connectivity index is 1.91. The predicted octanol–water partition coefficient (Wildman–Crippen LogP) is 3.26. The summed E-state index contributed by atoms with van der Waals surface area (Å²) in [4.78, 5) is 23.8. The third-order valence-corrected chi connectivity index (χ3v) is 4.00. The summed E-state index contributed by atoms with van der Waals surface area (Å²) in [5.41, 5.74) is 0.310. The summed E-state index contributed by atoms with van der Waals surface area (Å²) >= 11 is 0. The highest BCUT2D eigenvalue weighted by molar-refractivity contribution is 6.01. The van der Waals surface area contributed by atoms with Gasteiger partial charge >= 0.3 is 5.97 Å². The van der Waals surface area contributed by atoms with Crippen molar-refractivity contribution in [2.75, 3.05) is 11.9 Å². The molecular weight excluding hydrogens is 306 g/mol. The van der Waals surface area contributed by atoms with E-state index < -0.39 is 5.60 Å². The summed E-state index contributed by atoms with van der Waals surface area (Å²) in [7, 11) is 0. The lowest BCUT2D eigenvalue weighted by Gasteiger charge is -2.38. The molecule has 1 amide bonds. The molecule has 1 N–H and O–H groups in total. The molecule has 0 aliphatic carbocycles. The Morgan fingerprint density at radius 2 is 1.83 bits per heavy atom. The summed E-state index contributed by atoms with van der Waals surface area (Å²) in [5.74, 6) is 0.0896. The molecule has 0 saturated heterocycles. The van der Waals surface area contributed by atoms with Crippen LogP contribution in [0.2, 0.25) is 0 Å². The van der Waals surface area contributed by atoms with Crippen LogP contribution in [0.15, 0.2) is 54.6 Å². The Hall–Kier alpha value is -2.82. The zero-order chi connectivity index (χ0) is 17.0. The average molecular weight is 325 g/mol. The quantitative estimate of drug-likeness (QED) is 0.677. The minimum Gasteiger partial charge on any atom is -0.470 e. The van der Waals surface area contributed by atoms with Crippen molar-refractivity contribution in [3.8, 4) is 5.75 Å². The normalized spacial score (nSPS) is 19.0. The Kier molecular flexibility index (Phi) is 4.51. The zero-order valence-corrected chi connectivity index (χ0v) is 13.5. The lowest BCUT2D eigenvalue weighted by Crippen LogP contribution is -2.48. The second-order valence-electron chi connectivity index (χ2n) is 5.69. The molecule has 5 heteroatoms. The van der Waals surface area contributed by atoms with Crippen molar-refractivity contribution in [3.63, 3.8) is 0 Å². The second-order valence-corrected chi connectivity index (χ2v) is 5.69. The number of carbonyl (C=O) groups is 2. The van der Waals surface area contributed by atoms with E-state index in [4.69, 9.17) is 9.47 Å². The van der Waals surface area contributed by atoms with Gasteiger partial charge in [0.25, 0.3) is 5.91 Å². The Morgan fingerprint density at radius 1 is 1.12 bits per heavy atom. The molecule has 0 fully saturated rings. The monoisotopic (exact) mass is 325 g/mol. The van der Waals surface area contributed by atoms with E-state index in [-0.39, 0.29) is 18.5 Å². The van der Waals surface area contributed by atoms with E-state index in [1.165, 1.54) is 6.92 Å². The van der Waals surface area contributed by atoms with Crippen LogP contribution in [0.3, 0.4) is 0 Å². The van der Waals surface area contributed by atoms with Crippen LogP contribution in [0.4, 0.5) is 5.69 Å². The highest BCUT2D eigenvalue weighted by Crippen LogP contribution is 2.41. The van der Waals surface area contributed by atoms with Crippen LogP contribution < -0.4 is 10.1 Å². The van der Waals surface area contributed by atoms with Gasteiger partial charge in [0.15, 0.2) is 0 Å². The van der Waals surface area contributed by atoms with E-state index in [0.717, 1.165) is 5.56 Å². The molecule has 124 valence electrons. The van der Waals surface area contributed by atoms with Crippen LogP contribution in [-0.4, -0.2) is 18.5 Å². The molecule has 1 heterocycles. The van der Waals surface area contributed by atoms with Crippen molar-refractivity contribution in [1.82, 2.24) is 0 Å². The maximum Gasteiger partial charge on any atom is 0.302 e. The Bertz CT molecular complexity index is 744. The molecule has 1 unspecified atom stereocenters. The first-order valence-corrected chi connectivity index (χ1v) is 7.90. The van der Waals surface area contributed by atoms with Crippen molar-refractivity contribution in [1.29, 1.82) is 0 Å². The molecule has 0 saturated carbocycles. The van der Waals surface area contributed by atoms with E-state index in [1.807, 2.05) is 48.5 Å². The molecule has 5 nitrogen and oxygen atoms in total. The number of rotatable bonds is 5. The van der Waals surface area contributed by atoms with Gasteiger partial charge in [-0.25, -0.2) is 0 Å². The van der Waals surface area contributed by atoms with Crippen LogP contribution in [-0.2, 0) is 19.9 Å². The van der Waals surface area contributed by atoms with Crippen LogP contribution in [0, 0.1) is 0 Å². The molecule has 1 atom stereocenters. The molecular formula is C19H19NO4. The van der Waals surface area contributed by atoms with E-state index in [0.29, 0.717) is 24.3 Å². The van der Waals surface area contributed by atoms with Gasteiger partial charge in [0.2, 0.25) is 5.60 Å². The highest BCUT2D eigenvalue weighted by Gasteiger charge is 2.45. The number of ether oxygens (including phenoxy) is 2. The van der Waals surface area contributed by atoms with Gasteiger partial charge in [-0.05, 0) is 18.6 Å². The number of para-hydroxylation sites is 2. The van der Waals surface area contributed by atoms with Gasteiger partial charge in [-0.3, -0.25) is 9.59 Å². The third kappa shape index (κ3) is 3.11. The fourth-order valence-electron chi connectivity index (χ4n) is 2.86. The number of hydrogen-bond donors (Lipinski definition) is 1. The lowest BCUT2D eigenvalue weighted by atomic mass is 9.86. The maximum absolute atomic E-state index is 12.9. The lowest BCUT2D eigenvalue weighted by molar-refractivity contribution is -0.141. The van der Waals surface area contributed by atoms with Gasteiger partial charge in [-0.15, -0.1) is 0 Å². The number of esters is 1. The van der Waals surface area contributed by atoms with Crippen LogP contribution in [0.5, 0.6) is 5.75 Å². The van der Waals surface area contributed by atoms with E-state index in [2.05, 4.69) is 5.32 Å². The van der Waals surface area contributed by atoms with Gasteiger partial charge in [-0.2, -0.15) is 0 Å². The fourth-order valence-corrected chi connectivity index (χ4v) is 2.86. The van der Waals surface area contributed by atoms with E-state index in [1.54, 1.807) is 6.07 Å². The second kappa shape index (κ2) is 6.74. The topological polar surface area (TPSA) is 64.6 Å². The summed E-state index contributed by atoms with van der Waals surface area (Å²) in [6.45, 7) is 1.62. The SMILES string of the molecule is CC(=O)OCCCC1(c2ccccc2)Oc2ccccc2NC1=O. The van der Waals surface area contributed by atoms with Gasteiger partial charge in [0, 0.05) is 18.9 Å². The number of nitrogens with one attached hydrogen (secondary N) is 1. The number of anilines is 1. The average Bonchev–Trinajstić information content (AvgIpc) is 2.59. The summed E-state index contributed by atoms with van der Waals surface area (Å²) in [5, 5.41) is 2.93. The fraction of sp³-hybridized carbons (Fsp3) is 0.263. The molecule has 24 heavy (non-hydrogen) atoms. The first kappa shape index (κ1) is 16.1. The van der Waals surface area contributed by atoms with Crippen LogP contribution >= 0.6 is 0 Å². The number of benzene rings is 2. The standard InChI is InChI=1S/C19H19NO4/c1-14(21)23-13-7-12-19(15-8-3-2-4-9-15)18(22)20-16-10-5-6-11-17(16)24-19/h2-6,8-11H,7,12-13H2,1H3,(H,20,22). The molecule has 2 aromatic carbocycles. The van der Waals surface area contributed by atoms with Crippen molar-refractivity contribution in [2.45, 2.75) is 25.4 Å². The van der Waals surface area contributed by atoms with Gasteiger partial charge in [-0.1, -0.05) is 42.5 Å². The number of amides is 1. The summed E-state index contributed by atoms with van der Waals surface area (Å²) in [6, 6.07) is 16.7. The number of hydrogen-bond acceptors (Lipinski definition) is 4. The maximum atomic E-state index is 12.9. The summed E-state index contributed by atoms with van der Waals surface area (Å²) < 4.78 is 11.2. The van der Waals surface area contributed by atoms with Gasteiger partial charge < -0.3 is 14.8 Å². The first-order chi connectivity index (χ1) is 11.6. The number of carbonyl (C=O) groups excluding carboxylic acids is 2. The molecule has 0 aromatic heterocycles. The van der Waals surface area contributed by atoms with Gasteiger partial charge in [0.05, 0.1) is 12.3 Å². The van der Waals surface area contributed by atoms with E-state index in [9.17, 15) is 9.59 Å². The molecule has 1 aliphatic rings. The largest absolute Gasteiger partial charge is 0.470 e. The van der Waals surface area contributed by atoms with Crippen LogP contribution in [0.25, 0.3) is 0 Å². The minimum absolute atomic E-state index is 0.213. The van der Waals surface area contributed by atoms with Crippen molar-refractivity contribution in [3.05, 3.63) is 60.2 Å². The van der Waals surface area contributed by atoms with Crippen LogP contribution in [0.1, 0.15) is 25.3 Å². The smallest absolute Gasteiger partial charge is 0.302 e. The Labute approximate surface area is 140 Å². The molecule has 3 rings (SSSR count). The molecule has 0 spiro atoms. The zero-order valence-electron chi connectivity index (χ0n) is 13.5. The third-order valence-electron chi connectivity index (χ3n) is 4.00. The molecule has 0 radical (unpaired) electrons. The Morgan fingerprint density at radius 3 is 2.58 bits per heavy atom.